The molecule has 0 radical (unpaired) electrons. The first kappa shape index (κ1) is 16.4. The van der Waals surface area contributed by atoms with E-state index >= 15 is 0 Å². The molecular weight excluding hydrogens is 324 g/mol. The number of nitro benzene ring substituents is 1. The third kappa shape index (κ3) is 2.55. The minimum atomic E-state index is -1.11. The lowest BCUT2D eigenvalue weighted by Gasteiger charge is -2.08. The number of nitrogens with zero attached hydrogens (tertiary/aromatic N) is 2. The molecule has 3 aromatic rings. The van der Waals surface area contributed by atoms with Crippen LogP contribution in [0.3, 0.4) is 0 Å². The number of hydrogen-bond donors (Lipinski definition) is 1. The molecule has 1 heterocycles. The summed E-state index contributed by atoms with van der Waals surface area (Å²) in [6, 6.07) is 10.8. The van der Waals surface area contributed by atoms with Gasteiger partial charge in [0.25, 0.3) is 11.6 Å². The summed E-state index contributed by atoms with van der Waals surface area (Å²) >= 11 is 0. The van der Waals surface area contributed by atoms with Gasteiger partial charge in [-0.05, 0) is 32.0 Å². The zero-order chi connectivity index (χ0) is 18.3. The predicted octanol–water partition coefficient (Wildman–Crippen LogP) is 3.55. The number of aryl methyl sites for hydroxylation is 1. The van der Waals surface area contributed by atoms with E-state index in [0.717, 1.165) is 0 Å². The summed E-state index contributed by atoms with van der Waals surface area (Å²) in [7, 11) is 0. The maximum Gasteiger partial charge on any atom is 0.338 e. The van der Waals surface area contributed by atoms with Crippen molar-refractivity contribution in [3.8, 4) is 0 Å². The number of carboxylic acids is 1. The molecule has 0 atom stereocenters. The molecule has 1 aromatic heterocycles. The minimum absolute atomic E-state index is 0.0718. The van der Waals surface area contributed by atoms with Crippen molar-refractivity contribution in [2.75, 3.05) is 0 Å². The third-order valence-electron chi connectivity index (χ3n) is 4.17. The molecule has 1 N–H and O–H groups in total. The number of nitro groups is 1. The molecule has 7 heteroatoms. The van der Waals surface area contributed by atoms with Gasteiger partial charge in [0, 0.05) is 28.3 Å². The van der Waals surface area contributed by atoms with E-state index in [1.165, 1.54) is 22.8 Å². The van der Waals surface area contributed by atoms with Gasteiger partial charge < -0.3 is 5.11 Å². The van der Waals surface area contributed by atoms with Crippen LogP contribution >= 0.6 is 0 Å². The Morgan fingerprint density at radius 1 is 1.12 bits per heavy atom. The van der Waals surface area contributed by atoms with Crippen molar-refractivity contribution in [2.24, 2.45) is 0 Å². The molecule has 0 fully saturated rings. The lowest BCUT2D eigenvalue weighted by atomic mass is 10.1. The smallest absolute Gasteiger partial charge is 0.338 e. The Kier molecular flexibility index (Phi) is 3.84. The molecule has 0 spiro atoms. The quantitative estimate of drug-likeness (QED) is 0.581. The zero-order valence-electron chi connectivity index (χ0n) is 13.5. The average Bonchev–Trinajstić information content (AvgIpc) is 2.85. The SMILES string of the molecule is Cc1cc(C(=O)n2c(C)c(C(=O)O)c3ccccc32)ccc1[N+](=O)[O-]. The van der Waals surface area contributed by atoms with E-state index in [2.05, 4.69) is 0 Å². The number of carbonyl (C=O) groups is 2. The summed E-state index contributed by atoms with van der Waals surface area (Å²) < 4.78 is 1.33. The van der Waals surface area contributed by atoms with Crippen LogP contribution in [0.25, 0.3) is 10.9 Å². The maximum atomic E-state index is 13.0. The second-order valence-corrected chi connectivity index (χ2v) is 5.68. The van der Waals surface area contributed by atoms with Crippen LogP contribution in [-0.4, -0.2) is 26.5 Å². The third-order valence-corrected chi connectivity index (χ3v) is 4.17. The molecule has 126 valence electrons. The molecule has 25 heavy (non-hydrogen) atoms. The largest absolute Gasteiger partial charge is 0.478 e. The first-order valence-electron chi connectivity index (χ1n) is 7.46. The van der Waals surface area contributed by atoms with Crippen molar-refractivity contribution in [2.45, 2.75) is 13.8 Å². The van der Waals surface area contributed by atoms with Crippen LogP contribution in [0.4, 0.5) is 5.69 Å². The highest BCUT2D eigenvalue weighted by Gasteiger charge is 2.24. The summed E-state index contributed by atoms with van der Waals surface area (Å²) in [5.41, 5.74) is 1.42. The number of aromatic carboxylic acids is 1. The van der Waals surface area contributed by atoms with Crippen LogP contribution in [0.2, 0.25) is 0 Å². The summed E-state index contributed by atoms with van der Waals surface area (Å²) in [6.45, 7) is 3.12. The topological polar surface area (TPSA) is 102 Å². The second kappa shape index (κ2) is 5.86. The summed E-state index contributed by atoms with van der Waals surface area (Å²) in [5, 5.41) is 20.9. The fourth-order valence-corrected chi connectivity index (χ4v) is 3.02. The molecule has 7 nitrogen and oxygen atoms in total. The fraction of sp³-hybridized carbons (Fsp3) is 0.111. The molecule has 0 aliphatic carbocycles. The van der Waals surface area contributed by atoms with E-state index in [-0.39, 0.29) is 16.8 Å². The Labute approximate surface area is 142 Å². The van der Waals surface area contributed by atoms with E-state index in [9.17, 15) is 24.8 Å². The molecule has 0 bridgehead atoms. The molecule has 0 saturated carbocycles. The van der Waals surface area contributed by atoms with Crippen LogP contribution in [0, 0.1) is 24.0 Å². The van der Waals surface area contributed by atoms with E-state index in [1.54, 1.807) is 38.1 Å². The Bertz CT molecular complexity index is 1050. The number of benzene rings is 2. The van der Waals surface area contributed by atoms with Gasteiger partial charge in [-0.25, -0.2) is 4.79 Å². The normalized spacial score (nSPS) is 10.8. The van der Waals surface area contributed by atoms with Crippen LogP contribution in [0.5, 0.6) is 0 Å². The number of aromatic nitrogens is 1. The number of hydrogen-bond acceptors (Lipinski definition) is 4. The highest BCUT2D eigenvalue weighted by molar-refractivity contribution is 6.11. The molecule has 0 saturated heterocycles. The Morgan fingerprint density at radius 3 is 2.40 bits per heavy atom. The number of rotatable bonds is 3. The first-order valence-corrected chi connectivity index (χ1v) is 7.46. The molecule has 3 rings (SSSR count). The molecule has 0 unspecified atom stereocenters. The van der Waals surface area contributed by atoms with Crippen molar-refractivity contribution in [1.82, 2.24) is 4.57 Å². The van der Waals surface area contributed by atoms with Gasteiger partial charge in [0.1, 0.15) is 0 Å². The molecule has 0 aliphatic rings. The average molecular weight is 338 g/mol. The van der Waals surface area contributed by atoms with Crippen molar-refractivity contribution < 1.29 is 19.6 Å². The number of carboxylic acid groups (broad SMARTS) is 1. The van der Waals surface area contributed by atoms with Crippen molar-refractivity contribution in [3.05, 3.63) is 75.0 Å². The predicted molar refractivity (Wildman–Crippen MR) is 91.2 cm³/mol. The van der Waals surface area contributed by atoms with E-state index < -0.39 is 16.8 Å². The van der Waals surface area contributed by atoms with Gasteiger partial charge in [-0.15, -0.1) is 0 Å². The van der Waals surface area contributed by atoms with Crippen molar-refractivity contribution >= 4 is 28.5 Å². The second-order valence-electron chi connectivity index (χ2n) is 5.68. The number of para-hydroxylation sites is 1. The molecule has 2 aromatic carbocycles. The number of fused-ring (bicyclic) bond motifs is 1. The monoisotopic (exact) mass is 338 g/mol. The fourth-order valence-electron chi connectivity index (χ4n) is 3.02. The zero-order valence-corrected chi connectivity index (χ0v) is 13.5. The van der Waals surface area contributed by atoms with Gasteiger partial charge in [-0.2, -0.15) is 0 Å². The standard InChI is InChI=1S/C18H14N2O5/c1-10-9-12(7-8-14(10)20(24)25)17(21)19-11(2)16(18(22)23)13-5-3-4-6-15(13)19/h3-9H,1-2H3,(H,22,23). The van der Waals surface area contributed by atoms with Gasteiger partial charge in [0.05, 0.1) is 16.0 Å². The summed E-state index contributed by atoms with van der Waals surface area (Å²) in [6.07, 6.45) is 0. The van der Waals surface area contributed by atoms with Crippen LogP contribution in [-0.2, 0) is 0 Å². The Hall–Kier alpha value is -3.48. The minimum Gasteiger partial charge on any atom is -0.478 e. The Balaban J connectivity index is 2.22. The van der Waals surface area contributed by atoms with E-state index in [4.69, 9.17) is 0 Å². The van der Waals surface area contributed by atoms with Gasteiger partial charge in [0.15, 0.2) is 0 Å². The van der Waals surface area contributed by atoms with Gasteiger partial charge in [-0.3, -0.25) is 19.5 Å². The molecule has 0 aliphatic heterocycles. The Morgan fingerprint density at radius 2 is 1.80 bits per heavy atom. The van der Waals surface area contributed by atoms with Crippen LogP contribution in [0.15, 0.2) is 42.5 Å². The van der Waals surface area contributed by atoms with Crippen LogP contribution in [0.1, 0.15) is 32.0 Å². The first-order chi connectivity index (χ1) is 11.8. The van der Waals surface area contributed by atoms with E-state index in [0.29, 0.717) is 22.2 Å². The van der Waals surface area contributed by atoms with Crippen LogP contribution < -0.4 is 0 Å². The number of carbonyl (C=O) groups excluding carboxylic acids is 1. The van der Waals surface area contributed by atoms with Crippen molar-refractivity contribution in [1.29, 1.82) is 0 Å². The highest BCUT2D eigenvalue weighted by Crippen LogP contribution is 2.27. The van der Waals surface area contributed by atoms with Gasteiger partial charge in [0.2, 0.25) is 0 Å². The molecule has 0 amide bonds. The van der Waals surface area contributed by atoms with E-state index in [1.807, 2.05) is 0 Å². The van der Waals surface area contributed by atoms with Gasteiger partial charge >= 0.3 is 5.97 Å². The summed E-state index contributed by atoms with van der Waals surface area (Å²) in [5.74, 6) is -1.54. The lowest BCUT2D eigenvalue weighted by molar-refractivity contribution is -0.385. The van der Waals surface area contributed by atoms with Gasteiger partial charge in [-0.1, -0.05) is 18.2 Å². The maximum absolute atomic E-state index is 13.0. The highest BCUT2D eigenvalue weighted by atomic mass is 16.6. The lowest BCUT2D eigenvalue weighted by Crippen LogP contribution is -2.14. The summed E-state index contributed by atoms with van der Waals surface area (Å²) in [4.78, 5) is 35.0. The van der Waals surface area contributed by atoms with Crippen molar-refractivity contribution in [3.63, 3.8) is 0 Å². The molecular formula is C18H14N2O5.